The molecule has 0 bridgehead atoms. The van der Waals surface area contributed by atoms with Gasteiger partial charge in [0.25, 0.3) is 0 Å². The summed E-state index contributed by atoms with van der Waals surface area (Å²) in [5.41, 5.74) is 6.89. The number of nitrogen functional groups attached to an aromatic ring is 1. The summed E-state index contributed by atoms with van der Waals surface area (Å²) < 4.78 is 37.4. The molecule has 2 rings (SSSR count). The quantitative estimate of drug-likeness (QED) is 0.855. The minimum Gasteiger partial charge on any atom is -0.398 e. The van der Waals surface area contributed by atoms with Crippen LogP contribution in [0, 0.1) is 0 Å². The molecule has 1 aromatic rings. The number of benzene rings is 1. The van der Waals surface area contributed by atoms with Crippen molar-refractivity contribution < 1.29 is 13.2 Å². The molecule has 2 nitrogen and oxygen atoms in total. The second kappa shape index (κ2) is 4.97. The third kappa shape index (κ3) is 3.78. The number of hydrogen-bond donors (Lipinski definition) is 1. The van der Waals surface area contributed by atoms with Gasteiger partial charge in [0.15, 0.2) is 0 Å². The Hall–Kier alpha value is -0.940. The fourth-order valence-electron chi connectivity index (χ4n) is 1.91. The fraction of sp³-hybridized carbons (Fsp3) is 0.500. The lowest BCUT2D eigenvalue weighted by molar-refractivity contribution is -0.148. The Morgan fingerprint density at radius 2 is 2.00 bits per heavy atom. The van der Waals surface area contributed by atoms with E-state index in [2.05, 4.69) is 0 Å². The lowest BCUT2D eigenvalue weighted by Gasteiger charge is -2.24. The molecule has 6 heteroatoms. The molecule has 0 radical (unpaired) electrons. The minimum atomic E-state index is -4.18. The van der Waals surface area contributed by atoms with Gasteiger partial charge >= 0.3 is 6.18 Å². The lowest BCUT2D eigenvalue weighted by Crippen LogP contribution is -2.35. The van der Waals surface area contributed by atoms with Crippen LogP contribution in [0.3, 0.4) is 0 Å². The maximum Gasteiger partial charge on any atom is 0.401 e. The van der Waals surface area contributed by atoms with Gasteiger partial charge in [0, 0.05) is 23.3 Å². The number of nitrogens with zero attached hydrogens (tertiary/aromatic N) is 1. The highest BCUT2D eigenvalue weighted by atomic mass is 35.5. The van der Waals surface area contributed by atoms with Crippen LogP contribution in [-0.4, -0.2) is 23.7 Å². The Labute approximate surface area is 109 Å². The number of nitrogens with two attached hydrogens (primary N) is 1. The highest BCUT2D eigenvalue weighted by Crippen LogP contribution is 2.32. The maximum absolute atomic E-state index is 12.5. The van der Waals surface area contributed by atoms with Crippen LogP contribution in [0.1, 0.15) is 18.4 Å². The van der Waals surface area contributed by atoms with Gasteiger partial charge in [-0.05, 0) is 30.5 Å². The highest BCUT2D eigenvalue weighted by Gasteiger charge is 2.38. The molecule has 0 aliphatic heterocycles. The molecule has 0 atom stereocenters. The third-order valence-electron chi connectivity index (χ3n) is 2.93. The number of alkyl halides is 3. The average molecular weight is 279 g/mol. The van der Waals surface area contributed by atoms with Crippen LogP contribution in [0.15, 0.2) is 18.2 Å². The number of hydrogen-bond acceptors (Lipinski definition) is 2. The van der Waals surface area contributed by atoms with E-state index in [1.54, 1.807) is 18.2 Å². The van der Waals surface area contributed by atoms with Crippen molar-refractivity contribution in [2.75, 3.05) is 12.3 Å². The van der Waals surface area contributed by atoms with E-state index in [4.69, 9.17) is 17.3 Å². The van der Waals surface area contributed by atoms with Crippen LogP contribution >= 0.6 is 11.6 Å². The van der Waals surface area contributed by atoms with Crippen LogP contribution in [-0.2, 0) is 6.54 Å². The van der Waals surface area contributed by atoms with E-state index in [-0.39, 0.29) is 12.6 Å². The SMILES string of the molecule is Nc1cc(Cl)ccc1CN(CC(F)(F)F)C1CC1. The molecular formula is C12H14ClF3N2. The van der Waals surface area contributed by atoms with E-state index in [1.807, 2.05) is 0 Å². The minimum absolute atomic E-state index is 0.0294. The van der Waals surface area contributed by atoms with Crippen molar-refractivity contribution >= 4 is 17.3 Å². The summed E-state index contributed by atoms with van der Waals surface area (Å²) >= 11 is 5.76. The first-order valence-corrected chi connectivity index (χ1v) is 6.07. The lowest BCUT2D eigenvalue weighted by atomic mass is 10.1. The van der Waals surface area contributed by atoms with Crippen LogP contribution in [0.5, 0.6) is 0 Å². The van der Waals surface area contributed by atoms with Crippen molar-refractivity contribution in [3.63, 3.8) is 0 Å². The Morgan fingerprint density at radius 3 is 2.50 bits per heavy atom. The van der Waals surface area contributed by atoms with E-state index in [0.717, 1.165) is 12.8 Å². The molecule has 100 valence electrons. The number of rotatable bonds is 4. The Kier molecular flexibility index (Phi) is 3.73. The van der Waals surface area contributed by atoms with Gasteiger partial charge in [0.1, 0.15) is 0 Å². The molecule has 0 aromatic heterocycles. The zero-order chi connectivity index (χ0) is 13.3. The van der Waals surface area contributed by atoms with E-state index in [1.165, 1.54) is 4.90 Å². The molecule has 0 heterocycles. The molecule has 18 heavy (non-hydrogen) atoms. The van der Waals surface area contributed by atoms with Gasteiger partial charge < -0.3 is 5.73 Å². The fourth-order valence-corrected chi connectivity index (χ4v) is 2.09. The van der Waals surface area contributed by atoms with Gasteiger partial charge in [0.05, 0.1) is 6.54 Å². The van der Waals surface area contributed by atoms with E-state index >= 15 is 0 Å². The van der Waals surface area contributed by atoms with Crippen molar-refractivity contribution in [3.8, 4) is 0 Å². The molecule has 1 aromatic carbocycles. The summed E-state index contributed by atoms with van der Waals surface area (Å²) in [7, 11) is 0. The summed E-state index contributed by atoms with van der Waals surface area (Å²) in [5.74, 6) is 0. The molecule has 1 aliphatic carbocycles. The van der Waals surface area contributed by atoms with Crippen LogP contribution in [0.2, 0.25) is 5.02 Å². The predicted octanol–water partition coefficient (Wildman–Crippen LogP) is 3.45. The van der Waals surface area contributed by atoms with Gasteiger partial charge in [-0.2, -0.15) is 13.2 Å². The molecular weight excluding hydrogens is 265 g/mol. The summed E-state index contributed by atoms with van der Waals surface area (Å²) in [6.45, 7) is -0.674. The number of anilines is 1. The van der Waals surface area contributed by atoms with Gasteiger partial charge in [-0.1, -0.05) is 17.7 Å². The molecule has 1 fully saturated rings. The van der Waals surface area contributed by atoms with E-state index in [9.17, 15) is 13.2 Å². The molecule has 1 aliphatic rings. The first-order chi connectivity index (χ1) is 8.35. The molecule has 2 N–H and O–H groups in total. The van der Waals surface area contributed by atoms with Crippen molar-refractivity contribution in [1.82, 2.24) is 4.90 Å². The highest BCUT2D eigenvalue weighted by molar-refractivity contribution is 6.30. The summed E-state index contributed by atoms with van der Waals surface area (Å²) in [5, 5.41) is 0.491. The zero-order valence-electron chi connectivity index (χ0n) is 9.67. The third-order valence-corrected chi connectivity index (χ3v) is 3.16. The van der Waals surface area contributed by atoms with Crippen molar-refractivity contribution in [2.45, 2.75) is 31.6 Å². The molecule has 0 unspecified atom stereocenters. The average Bonchev–Trinajstić information content (AvgIpc) is 3.02. The largest absolute Gasteiger partial charge is 0.401 e. The smallest absolute Gasteiger partial charge is 0.398 e. The first kappa shape index (κ1) is 13.5. The summed E-state index contributed by atoms with van der Waals surface area (Å²) in [6, 6.07) is 4.92. The van der Waals surface area contributed by atoms with Gasteiger partial charge in [-0.25, -0.2) is 0 Å². The Balaban J connectivity index is 2.08. The van der Waals surface area contributed by atoms with Crippen LogP contribution in [0.4, 0.5) is 18.9 Å². The standard InChI is InChI=1S/C12H14ClF3N2/c13-9-2-1-8(11(17)5-9)6-18(10-3-4-10)7-12(14,15)16/h1-2,5,10H,3-4,6-7,17H2. The van der Waals surface area contributed by atoms with Crippen molar-refractivity contribution in [2.24, 2.45) is 0 Å². The summed E-state index contributed by atoms with van der Waals surface area (Å²) in [6.07, 6.45) is -2.53. The molecule has 1 saturated carbocycles. The Bertz CT molecular complexity index is 430. The van der Waals surface area contributed by atoms with Crippen LogP contribution < -0.4 is 5.73 Å². The van der Waals surface area contributed by atoms with Crippen molar-refractivity contribution in [3.05, 3.63) is 28.8 Å². The second-order valence-electron chi connectivity index (χ2n) is 4.59. The first-order valence-electron chi connectivity index (χ1n) is 5.70. The Morgan fingerprint density at radius 1 is 1.33 bits per heavy atom. The van der Waals surface area contributed by atoms with Crippen molar-refractivity contribution in [1.29, 1.82) is 0 Å². The topological polar surface area (TPSA) is 29.3 Å². The monoisotopic (exact) mass is 278 g/mol. The molecule has 0 spiro atoms. The predicted molar refractivity (Wildman–Crippen MR) is 65.4 cm³/mol. The maximum atomic E-state index is 12.5. The molecule has 0 saturated heterocycles. The van der Waals surface area contributed by atoms with Gasteiger partial charge in [-0.3, -0.25) is 4.90 Å². The summed E-state index contributed by atoms with van der Waals surface area (Å²) in [4.78, 5) is 1.43. The van der Waals surface area contributed by atoms with Gasteiger partial charge in [-0.15, -0.1) is 0 Å². The van der Waals surface area contributed by atoms with Gasteiger partial charge in [0.2, 0.25) is 0 Å². The molecule has 0 amide bonds. The normalized spacial score (nSPS) is 16.3. The van der Waals surface area contributed by atoms with E-state index in [0.29, 0.717) is 16.3 Å². The zero-order valence-corrected chi connectivity index (χ0v) is 10.4. The number of halogens is 4. The van der Waals surface area contributed by atoms with E-state index < -0.39 is 12.7 Å². The second-order valence-corrected chi connectivity index (χ2v) is 5.03. The van der Waals surface area contributed by atoms with Crippen LogP contribution in [0.25, 0.3) is 0 Å².